The van der Waals surface area contributed by atoms with Gasteiger partial charge >= 0.3 is 0 Å². The molecule has 23 heavy (non-hydrogen) atoms. The molecule has 0 radical (unpaired) electrons. The van der Waals surface area contributed by atoms with Crippen LogP contribution < -0.4 is 0 Å². The maximum Gasteiger partial charge on any atom is 0.109 e. The van der Waals surface area contributed by atoms with Gasteiger partial charge in [0.1, 0.15) is 6.10 Å². The molecule has 0 heterocycles. The van der Waals surface area contributed by atoms with Crippen molar-refractivity contribution in [2.45, 2.75) is 78.1 Å². The van der Waals surface area contributed by atoms with Crippen molar-refractivity contribution in [1.82, 2.24) is 0 Å². The molecule has 2 aliphatic rings. The summed E-state index contributed by atoms with van der Waals surface area (Å²) >= 11 is 0. The van der Waals surface area contributed by atoms with Crippen molar-refractivity contribution in [3.8, 4) is 0 Å². The van der Waals surface area contributed by atoms with Gasteiger partial charge in [0.15, 0.2) is 0 Å². The van der Waals surface area contributed by atoms with Crippen LogP contribution in [0.1, 0.15) is 60.3 Å². The maximum atomic E-state index is 11.1. The Hall–Kier alpha value is -0.640. The molecule has 2 rings (SSSR count). The van der Waals surface area contributed by atoms with E-state index in [-0.39, 0.29) is 22.7 Å². The first kappa shape index (κ1) is 18.7. The summed E-state index contributed by atoms with van der Waals surface area (Å²) in [6.45, 7) is 14.0. The van der Waals surface area contributed by atoms with Crippen LogP contribution >= 0.6 is 0 Å². The molecule has 3 nitrogen and oxygen atoms in total. The van der Waals surface area contributed by atoms with Crippen LogP contribution in [-0.2, 0) is 0 Å². The third kappa shape index (κ3) is 2.92. The standard InChI is InChI=1S/C20H34O3/c1-7-13(2)9-10-14-19(5)12-8-11-18(3,4)16(19)15(21)17(22)20(14,6)23/h7,9,14-17,21-23H,1,8,10-12H2,2-6H3/b13-9+. The zero-order valence-electron chi connectivity index (χ0n) is 15.3. The first-order valence-corrected chi connectivity index (χ1v) is 8.86. The molecule has 0 amide bonds. The van der Waals surface area contributed by atoms with Crippen molar-refractivity contribution in [1.29, 1.82) is 0 Å². The van der Waals surface area contributed by atoms with Crippen LogP contribution in [0.4, 0.5) is 0 Å². The van der Waals surface area contributed by atoms with Gasteiger partial charge in [0.2, 0.25) is 0 Å². The van der Waals surface area contributed by atoms with Crippen LogP contribution in [0.2, 0.25) is 0 Å². The first-order valence-electron chi connectivity index (χ1n) is 8.86. The molecule has 0 bridgehead atoms. The maximum absolute atomic E-state index is 11.1. The Morgan fingerprint density at radius 3 is 2.35 bits per heavy atom. The Morgan fingerprint density at radius 1 is 1.17 bits per heavy atom. The van der Waals surface area contributed by atoms with Gasteiger partial charge in [0, 0.05) is 0 Å². The monoisotopic (exact) mass is 322 g/mol. The Balaban J connectivity index is 2.49. The lowest BCUT2D eigenvalue weighted by Gasteiger charge is -2.64. The first-order chi connectivity index (χ1) is 10.5. The summed E-state index contributed by atoms with van der Waals surface area (Å²) in [5, 5.41) is 32.5. The lowest BCUT2D eigenvalue weighted by molar-refractivity contribution is -0.265. The van der Waals surface area contributed by atoms with Gasteiger partial charge in [-0.3, -0.25) is 0 Å². The second-order valence-electron chi connectivity index (χ2n) is 8.93. The SMILES string of the molecule is C=C/C(C)=C/CC1C(C)(O)C(O)C(O)C2C(C)(C)CCCC21C. The van der Waals surface area contributed by atoms with E-state index in [0.29, 0.717) is 6.42 Å². The number of rotatable bonds is 3. The molecule has 2 saturated carbocycles. The molecule has 2 aliphatic carbocycles. The molecule has 2 fully saturated rings. The highest BCUT2D eigenvalue weighted by atomic mass is 16.4. The molecule has 6 unspecified atom stereocenters. The number of aliphatic hydroxyl groups is 3. The third-order valence-corrected chi connectivity index (χ3v) is 6.85. The van der Waals surface area contributed by atoms with Gasteiger partial charge in [-0.2, -0.15) is 0 Å². The zero-order chi connectivity index (χ0) is 17.6. The molecule has 132 valence electrons. The highest BCUT2D eigenvalue weighted by Gasteiger charge is 2.64. The predicted octanol–water partition coefficient (Wildman–Crippen LogP) is 3.44. The summed E-state index contributed by atoms with van der Waals surface area (Å²) in [7, 11) is 0. The van der Waals surface area contributed by atoms with Crippen LogP contribution in [0.5, 0.6) is 0 Å². The van der Waals surface area contributed by atoms with Crippen LogP contribution in [0, 0.1) is 22.7 Å². The quantitative estimate of drug-likeness (QED) is 0.698. The molecule has 0 saturated heterocycles. The van der Waals surface area contributed by atoms with Gasteiger partial charge in [0.05, 0.1) is 11.7 Å². The van der Waals surface area contributed by atoms with Crippen LogP contribution in [0.3, 0.4) is 0 Å². The summed E-state index contributed by atoms with van der Waals surface area (Å²) in [4.78, 5) is 0. The Labute approximate surface area is 141 Å². The lowest BCUT2D eigenvalue weighted by atomic mass is 9.43. The molecule has 6 atom stereocenters. The van der Waals surface area contributed by atoms with E-state index in [9.17, 15) is 15.3 Å². The molecule has 0 aliphatic heterocycles. The third-order valence-electron chi connectivity index (χ3n) is 6.85. The summed E-state index contributed by atoms with van der Waals surface area (Å²) in [5.74, 6) is -0.103. The van der Waals surface area contributed by atoms with Gasteiger partial charge in [-0.25, -0.2) is 0 Å². The number of allylic oxidation sites excluding steroid dienone is 3. The summed E-state index contributed by atoms with van der Waals surface area (Å²) < 4.78 is 0. The fourth-order valence-corrected chi connectivity index (χ4v) is 5.67. The smallest absolute Gasteiger partial charge is 0.109 e. The molecular formula is C20H34O3. The highest BCUT2D eigenvalue weighted by Crippen LogP contribution is 2.62. The second kappa shape index (κ2) is 6.02. The molecule has 0 aromatic carbocycles. The van der Waals surface area contributed by atoms with Crippen molar-refractivity contribution < 1.29 is 15.3 Å². The van der Waals surface area contributed by atoms with E-state index in [4.69, 9.17) is 0 Å². The Bertz CT molecular complexity index is 491. The van der Waals surface area contributed by atoms with Gasteiger partial charge in [-0.05, 0) is 55.8 Å². The fourth-order valence-electron chi connectivity index (χ4n) is 5.67. The van der Waals surface area contributed by atoms with Crippen molar-refractivity contribution in [3.05, 3.63) is 24.3 Å². The molecule has 0 aromatic rings. The van der Waals surface area contributed by atoms with E-state index in [1.807, 2.05) is 13.0 Å². The minimum Gasteiger partial charge on any atom is -0.390 e. The van der Waals surface area contributed by atoms with Crippen LogP contribution in [0.25, 0.3) is 0 Å². The van der Waals surface area contributed by atoms with Gasteiger partial charge < -0.3 is 15.3 Å². The molecular weight excluding hydrogens is 288 g/mol. The van der Waals surface area contributed by atoms with Crippen molar-refractivity contribution in [2.24, 2.45) is 22.7 Å². The van der Waals surface area contributed by atoms with Gasteiger partial charge in [-0.15, -0.1) is 0 Å². The predicted molar refractivity (Wildman–Crippen MR) is 93.9 cm³/mol. The molecule has 0 aromatic heterocycles. The van der Waals surface area contributed by atoms with E-state index in [0.717, 1.165) is 24.8 Å². The largest absolute Gasteiger partial charge is 0.390 e. The number of hydrogen-bond donors (Lipinski definition) is 3. The van der Waals surface area contributed by atoms with Crippen molar-refractivity contribution >= 4 is 0 Å². The van der Waals surface area contributed by atoms with E-state index >= 15 is 0 Å². The summed E-state index contributed by atoms with van der Waals surface area (Å²) in [5.41, 5.74) is -0.450. The van der Waals surface area contributed by atoms with Crippen LogP contribution in [0.15, 0.2) is 24.3 Å². The summed E-state index contributed by atoms with van der Waals surface area (Å²) in [6.07, 6.45) is 5.73. The average Bonchev–Trinajstić information content (AvgIpc) is 2.43. The minimum atomic E-state index is -1.30. The van der Waals surface area contributed by atoms with Gasteiger partial charge in [0.25, 0.3) is 0 Å². The fraction of sp³-hybridized carbons (Fsp3) is 0.800. The van der Waals surface area contributed by atoms with Gasteiger partial charge in [-0.1, -0.05) is 51.5 Å². The average molecular weight is 322 g/mol. The lowest BCUT2D eigenvalue weighted by Crippen LogP contribution is -2.69. The number of aliphatic hydroxyl groups excluding tert-OH is 2. The highest BCUT2D eigenvalue weighted by molar-refractivity contribution is 5.18. The van der Waals surface area contributed by atoms with E-state index in [2.05, 4.69) is 33.4 Å². The molecule has 0 spiro atoms. The normalized spacial score (nSPS) is 47.0. The topological polar surface area (TPSA) is 60.7 Å². The molecule has 3 heteroatoms. The summed E-state index contributed by atoms with van der Waals surface area (Å²) in [6, 6.07) is 0. The minimum absolute atomic E-state index is 0.0126. The number of fused-ring (bicyclic) bond motifs is 1. The van der Waals surface area contributed by atoms with Crippen molar-refractivity contribution in [2.75, 3.05) is 0 Å². The van der Waals surface area contributed by atoms with E-state index in [1.54, 1.807) is 6.92 Å². The second-order valence-corrected chi connectivity index (χ2v) is 8.93. The van der Waals surface area contributed by atoms with Crippen LogP contribution in [-0.4, -0.2) is 33.1 Å². The zero-order valence-corrected chi connectivity index (χ0v) is 15.3. The van der Waals surface area contributed by atoms with E-state index in [1.165, 1.54) is 0 Å². The van der Waals surface area contributed by atoms with E-state index < -0.39 is 17.8 Å². The Kier molecular flexibility index (Phi) is 4.89. The van der Waals surface area contributed by atoms with Crippen molar-refractivity contribution in [3.63, 3.8) is 0 Å². The number of hydrogen-bond acceptors (Lipinski definition) is 3. The molecule has 3 N–H and O–H groups in total. The Morgan fingerprint density at radius 2 is 1.78 bits per heavy atom.